The van der Waals surface area contributed by atoms with Crippen LogP contribution in [0.3, 0.4) is 0 Å². The maximum absolute atomic E-state index is 11.6. The highest BCUT2D eigenvalue weighted by atomic mass is 28.4. The number of carbonyl (C=O) groups excluding carboxylic acids is 1. The van der Waals surface area contributed by atoms with Crippen molar-refractivity contribution in [2.45, 2.75) is 63.3 Å². The molecule has 2 heterocycles. The largest absolute Gasteiger partial charge is 0.447 e. The summed E-state index contributed by atoms with van der Waals surface area (Å²) >= 11 is 0. The number of cyclic esters (lactones) is 1. The van der Waals surface area contributed by atoms with Gasteiger partial charge in [-0.1, -0.05) is 20.8 Å². The maximum Gasteiger partial charge on any atom is 0.410 e. The molecule has 0 bridgehead atoms. The summed E-state index contributed by atoms with van der Waals surface area (Å²) in [7, 11) is -2.11. The molecule has 0 spiro atoms. The summed E-state index contributed by atoms with van der Waals surface area (Å²) < 4.78 is 11.3. The molecule has 20 heavy (non-hydrogen) atoms. The number of rotatable bonds is 2. The first kappa shape index (κ1) is 15.8. The van der Waals surface area contributed by atoms with Gasteiger partial charge in [-0.2, -0.15) is 0 Å². The minimum atomic E-state index is -2.11. The van der Waals surface area contributed by atoms with E-state index in [1.807, 2.05) is 0 Å². The van der Waals surface area contributed by atoms with E-state index in [2.05, 4.69) is 33.9 Å². The van der Waals surface area contributed by atoms with Crippen LogP contribution < -0.4 is 0 Å². The molecule has 0 aromatic heterocycles. The highest BCUT2D eigenvalue weighted by molar-refractivity contribution is 6.74. The van der Waals surface area contributed by atoms with Gasteiger partial charge in [-0.3, -0.25) is 4.90 Å². The molecule has 0 radical (unpaired) electrons. The summed E-state index contributed by atoms with van der Waals surface area (Å²) in [6.07, 6.45) is -3.01. The first-order valence-corrected chi connectivity index (χ1v) is 9.93. The Balaban J connectivity index is 2.22. The van der Waals surface area contributed by atoms with Crippen LogP contribution in [0, 0.1) is 0 Å². The number of carbonyl (C=O) groups is 1. The van der Waals surface area contributed by atoms with Gasteiger partial charge in [0.25, 0.3) is 0 Å². The van der Waals surface area contributed by atoms with E-state index in [4.69, 9.17) is 9.16 Å². The van der Waals surface area contributed by atoms with Crippen LogP contribution in [-0.4, -0.2) is 67.0 Å². The van der Waals surface area contributed by atoms with Crippen LogP contribution >= 0.6 is 0 Å². The number of aliphatic hydroxyl groups excluding tert-OH is 2. The molecule has 0 aromatic rings. The summed E-state index contributed by atoms with van der Waals surface area (Å²) in [6.45, 7) is 10.8. The van der Waals surface area contributed by atoms with Gasteiger partial charge in [0, 0.05) is 0 Å². The van der Waals surface area contributed by atoms with Crippen molar-refractivity contribution in [3.63, 3.8) is 0 Å². The summed E-state index contributed by atoms with van der Waals surface area (Å²) in [4.78, 5) is 13.1. The zero-order valence-electron chi connectivity index (χ0n) is 12.8. The fourth-order valence-corrected chi connectivity index (χ4v) is 3.70. The van der Waals surface area contributed by atoms with Gasteiger partial charge in [-0.05, 0) is 18.1 Å². The average molecular weight is 303 g/mol. The minimum Gasteiger partial charge on any atom is -0.447 e. The van der Waals surface area contributed by atoms with E-state index in [1.54, 1.807) is 0 Å². The zero-order valence-corrected chi connectivity index (χ0v) is 13.8. The normalized spacial score (nSPS) is 35.0. The van der Waals surface area contributed by atoms with Gasteiger partial charge >= 0.3 is 6.09 Å². The third-order valence-corrected chi connectivity index (χ3v) is 9.22. The second-order valence-corrected chi connectivity index (χ2v) is 12.0. The minimum absolute atomic E-state index is 0.0105. The maximum atomic E-state index is 11.6. The van der Waals surface area contributed by atoms with Crippen molar-refractivity contribution in [2.24, 2.45) is 0 Å². The predicted molar refractivity (Wildman–Crippen MR) is 75.9 cm³/mol. The predicted octanol–water partition coefficient (Wildman–Crippen LogP) is 0.933. The van der Waals surface area contributed by atoms with Gasteiger partial charge in [0.15, 0.2) is 8.32 Å². The second kappa shape index (κ2) is 4.98. The van der Waals surface area contributed by atoms with Crippen molar-refractivity contribution in [1.82, 2.24) is 4.90 Å². The van der Waals surface area contributed by atoms with Gasteiger partial charge in [-0.15, -0.1) is 0 Å². The Labute approximate surface area is 120 Å². The molecule has 0 aliphatic carbocycles. The Bertz CT molecular complexity index is 395. The van der Waals surface area contributed by atoms with E-state index in [-0.39, 0.29) is 24.2 Å². The monoisotopic (exact) mass is 303 g/mol. The van der Waals surface area contributed by atoms with Crippen LogP contribution in [0.5, 0.6) is 0 Å². The molecule has 0 unspecified atom stereocenters. The lowest BCUT2D eigenvalue weighted by molar-refractivity contribution is -0.112. The Hall–Kier alpha value is -0.633. The van der Waals surface area contributed by atoms with Gasteiger partial charge < -0.3 is 19.4 Å². The van der Waals surface area contributed by atoms with Crippen molar-refractivity contribution in [1.29, 1.82) is 0 Å². The van der Waals surface area contributed by atoms with Crippen LogP contribution in [0.1, 0.15) is 20.8 Å². The Morgan fingerprint density at radius 2 is 1.95 bits per heavy atom. The number of hydrogen-bond acceptors (Lipinski definition) is 5. The lowest BCUT2D eigenvalue weighted by Crippen LogP contribution is -2.64. The third kappa shape index (κ3) is 2.59. The molecule has 1 amide bonds. The fourth-order valence-electron chi connectivity index (χ4n) is 2.37. The van der Waals surface area contributed by atoms with Crippen LogP contribution in [0.25, 0.3) is 0 Å². The summed E-state index contributed by atoms with van der Waals surface area (Å²) in [5.41, 5.74) is 0. The van der Waals surface area contributed by atoms with Gasteiger partial charge in [0.2, 0.25) is 0 Å². The number of fused-ring (bicyclic) bond motifs is 1. The van der Waals surface area contributed by atoms with E-state index >= 15 is 0 Å². The SMILES string of the molecule is CC(C)(C)[Si](C)(C)O[C@@H]1[C@@H](O)[C@@H](O)CN2C(=O)OC[C@@H]12. The topological polar surface area (TPSA) is 79.2 Å². The van der Waals surface area contributed by atoms with Crippen molar-refractivity contribution in [3.05, 3.63) is 0 Å². The second-order valence-electron chi connectivity index (χ2n) is 7.20. The Morgan fingerprint density at radius 1 is 1.35 bits per heavy atom. The Kier molecular flexibility index (Phi) is 3.92. The molecule has 2 rings (SSSR count). The van der Waals surface area contributed by atoms with E-state index < -0.39 is 32.7 Å². The van der Waals surface area contributed by atoms with E-state index in [0.717, 1.165) is 0 Å². The third-order valence-electron chi connectivity index (χ3n) is 4.74. The van der Waals surface area contributed by atoms with E-state index in [0.29, 0.717) is 0 Å². The summed E-state index contributed by atoms with van der Waals surface area (Å²) in [5, 5.41) is 20.2. The molecule has 6 nitrogen and oxygen atoms in total. The number of nitrogens with zero attached hydrogens (tertiary/aromatic N) is 1. The van der Waals surface area contributed by atoms with Crippen LogP contribution in [0.2, 0.25) is 18.1 Å². The van der Waals surface area contributed by atoms with Crippen molar-refractivity contribution < 1.29 is 24.2 Å². The van der Waals surface area contributed by atoms with E-state index in [9.17, 15) is 15.0 Å². The number of hydrogen-bond donors (Lipinski definition) is 2. The van der Waals surface area contributed by atoms with Crippen molar-refractivity contribution in [3.8, 4) is 0 Å². The van der Waals surface area contributed by atoms with Gasteiger partial charge in [0.1, 0.15) is 18.8 Å². The lowest BCUT2D eigenvalue weighted by atomic mass is 9.95. The number of ether oxygens (including phenoxy) is 1. The molecule has 116 valence electrons. The molecular weight excluding hydrogens is 278 g/mol. The lowest BCUT2D eigenvalue weighted by Gasteiger charge is -2.46. The standard InChI is InChI=1S/C13H25NO5Si/c1-13(2,3)20(4,5)19-11-8-7-18-12(17)14(8)6-9(15)10(11)16/h8-11,15-16H,6-7H2,1-5H3/t8-,9-,10-,11-/m0/s1. The quantitative estimate of drug-likeness (QED) is 0.742. The molecule has 2 aliphatic heterocycles. The van der Waals surface area contributed by atoms with Crippen molar-refractivity contribution >= 4 is 14.4 Å². The molecule has 0 saturated carbocycles. The zero-order chi connectivity index (χ0) is 15.3. The molecule has 2 fully saturated rings. The molecule has 0 aromatic carbocycles. The van der Waals surface area contributed by atoms with Crippen LogP contribution in [-0.2, 0) is 9.16 Å². The molecular formula is C13H25NO5Si. The van der Waals surface area contributed by atoms with Crippen LogP contribution in [0.15, 0.2) is 0 Å². The Morgan fingerprint density at radius 3 is 2.50 bits per heavy atom. The van der Waals surface area contributed by atoms with Crippen LogP contribution in [0.4, 0.5) is 4.79 Å². The molecule has 7 heteroatoms. The molecule has 4 atom stereocenters. The van der Waals surface area contributed by atoms with Gasteiger partial charge in [0.05, 0.1) is 18.7 Å². The number of amides is 1. The summed E-state index contributed by atoms with van der Waals surface area (Å²) in [5.74, 6) is 0. The van der Waals surface area contributed by atoms with E-state index in [1.165, 1.54) is 4.90 Å². The van der Waals surface area contributed by atoms with Crippen molar-refractivity contribution in [2.75, 3.05) is 13.2 Å². The number of piperidine rings is 1. The molecule has 2 aliphatic rings. The number of aliphatic hydroxyl groups is 2. The highest BCUT2D eigenvalue weighted by Gasteiger charge is 2.52. The molecule has 2 saturated heterocycles. The smallest absolute Gasteiger partial charge is 0.410 e. The first-order chi connectivity index (χ1) is 9.04. The highest BCUT2D eigenvalue weighted by Crippen LogP contribution is 2.39. The fraction of sp³-hybridized carbons (Fsp3) is 0.923. The first-order valence-electron chi connectivity index (χ1n) is 7.02. The molecule has 2 N–H and O–H groups in total. The van der Waals surface area contributed by atoms with Gasteiger partial charge in [-0.25, -0.2) is 4.79 Å². The summed E-state index contributed by atoms with van der Waals surface area (Å²) in [6, 6.07) is -0.310. The average Bonchev–Trinajstić information content (AvgIpc) is 2.65.